The van der Waals surface area contributed by atoms with E-state index >= 15 is 0 Å². The van der Waals surface area contributed by atoms with E-state index in [9.17, 15) is 0 Å². The molecule has 1 heterocycles. The molecule has 1 N–H and O–H groups in total. The van der Waals surface area contributed by atoms with Crippen molar-refractivity contribution in [1.29, 1.82) is 0 Å². The summed E-state index contributed by atoms with van der Waals surface area (Å²) in [5.41, 5.74) is 4.74. The smallest absolute Gasteiger partial charge is 0.0361 e. The Hall–Kier alpha value is -0.910. The zero-order valence-electron chi connectivity index (χ0n) is 14.4. The second-order valence-electron chi connectivity index (χ2n) is 7.77. The molecule has 0 bridgehead atoms. The van der Waals surface area contributed by atoms with E-state index in [4.69, 9.17) is 0 Å². The van der Waals surface area contributed by atoms with E-state index in [-0.39, 0.29) is 5.54 Å². The van der Waals surface area contributed by atoms with Crippen molar-refractivity contribution in [3.63, 3.8) is 0 Å². The second-order valence-corrected chi connectivity index (χ2v) is 9.01. The van der Waals surface area contributed by atoms with Crippen molar-refractivity contribution in [2.75, 3.05) is 19.6 Å². The third-order valence-electron chi connectivity index (χ3n) is 5.49. The van der Waals surface area contributed by atoms with E-state index in [1.54, 1.807) is 5.56 Å². The van der Waals surface area contributed by atoms with E-state index in [2.05, 4.69) is 95.2 Å². The van der Waals surface area contributed by atoms with E-state index < -0.39 is 0 Å². The Morgan fingerprint density at radius 3 is 2.62 bits per heavy atom. The maximum atomic E-state index is 3.65. The van der Waals surface area contributed by atoms with Gasteiger partial charge in [0.15, 0.2) is 0 Å². The Labute approximate surface area is 158 Å². The lowest BCUT2D eigenvalue weighted by molar-refractivity contribution is 0.107. The minimum Gasteiger partial charge on any atom is -0.309 e. The van der Waals surface area contributed by atoms with Gasteiger partial charge in [0.1, 0.15) is 0 Å². The van der Waals surface area contributed by atoms with Crippen LogP contribution in [-0.4, -0.2) is 30.1 Å². The number of fused-ring (bicyclic) bond motifs is 1. The molecule has 126 valence electrons. The fourth-order valence-corrected chi connectivity index (χ4v) is 4.94. The summed E-state index contributed by atoms with van der Waals surface area (Å²) in [6.45, 7) is 7.97. The molecule has 1 fully saturated rings. The van der Waals surface area contributed by atoms with Crippen LogP contribution in [-0.2, 0) is 0 Å². The van der Waals surface area contributed by atoms with E-state index in [1.807, 2.05) is 0 Å². The quantitative estimate of drug-likeness (QED) is 0.701. The molecule has 2 aromatic rings. The zero-order chi connectivity index (χ0) is 16.7. The highest BCUT2D eigenvalue weighted by atomic mass is 127. The van der Waals surface area contributed by atoms with Crippen LogP contribution in [0.1, 0.15) is 48.9 Å². The Kier molecular flexibility index (Phi) is 4.43. The van der Waals surface area contributed by atoms with Crippen molar-refractivity contribution in [3.05, 3.63) is 68.8 Å². The number of piperazine rings is 1. The number of nitrogens with one attached hydrogen (secondary N) is 1. The van der Waals surface area contributed by atoms with Gasteiger partial charge in [-0.25, -0.2) is 0 Å². The van der Waals surface area contributed by atoms with Gasteiger partial charge in [0.25, 0.3) is 0 Å². The number of hydrogen-bond donors (Lipinski definition) is 1. The average molecular weight is 432 g/mol. The van der Waals surface area contributed by atoms with Crippen molar-refractivity contribution < 1.29 is 0 Å². The summed E-state index contributed by atoms with van der Waals surface area (Å²) >= 11 is 2.45. The van der Waals surface area contributed by atoms with Gasteiger partial charge in [0, 0.05) is 40.7 Å². The summed E-state index contributed by atoms with van der Waals surface area (Å²) in [6.07, 6.45) is 1.20. The fourth-order valence-electron chi connectivity index (χ4n) is 4.42. The van der Waals surface area contributed by atoms with Gasteiger partial charge >= 0.3 is 0 Å². The zero-order valence-corrected chi connectivity index (χ0v) is 16.6. The molecule has 0 radical (unpaired) electrons. The van der Waals surface area contributed by atoms with Crippen LogP contribution in [0.3, 0.4) is 0 Å². The third kappa shape index (κ3) is 3.14. The van der Waals surface area contributed by atoms with Crippen molar-refractivity contribution >= 4 is 22.6 Å². The molecule has 2 nitrogen and oxygen atoms in total. The molecule has 1 aliphatic carbocycles. The van der Waals surface area contributed by atoms with Gasteiger partial charge in [-0.1, -0.05) is 36.4 Å². The Morgan fingerprint density at radius 1 is 1.08 bits per heavy atom. The minimum atomic E-state index is 0.200. The Balaban J connectivity index is 1.71. The summed E-state index contributed by atoms with van der Waals surface area (Å²) < 4.78 is 1.35. The molecule has 0 saturated carbocycles. The minimum absolute atomic E-state index is 0.200. The summed E-state index contributed by atoms with van der Waals surface area (Å²) in [6, 6.07) is 18.6. The van der Waals surface area contributed by atoms with E-state index in [0.29, 0.717) is 12.0 Å². The predicted molar refractivity (Wildman–Crippen MR) is 108 cm³/mol. The third-order valence-corrected chi connectivity index (χ3v) is 6.16. The SMILES string of the molecule is CC1(C)CN([C@@H]2C[C@@H](c3ccccc3)c3ccc(I)cc32)CCN1. The average Bonchev–Trinajstić information content (AvgIpc) is 2.93. The van der Waals surface area contributed by atoms with E-state index in [0.717, 1.165) is 19.6 Å². The van der Waals surface area contributed by atoms with Crippen LogP contribution in [0.4, 0.5) is 0 Å². The molecule has 2 atom stereocenters. The second kappa shape index (κ2) is 6.43. The lowest BCUT2D eigenvalue weighted by Gasteiger charge is -2.42. The topological polar surface area (TPSA) is 15.3 Å². The van der Waals surface area contributed by atoms with Gasteiger partial charge in [-0.2, -0.15) is 0 Å². The maximum absolute atomic E-state index is 3.65. The standard InChI is InChI=1S/C21H25IN2/c1-21(2)14-24(11-10-23-21)20-13-18(15-6-4-3-5-7-15)17-9-8-16(22)12-19(17)20/h3-9,12,18,20,23H,10-11,13-14H2,1-2H3/t18-,20+/m0/s1. The predicted octanol–water partition coefficient (Wildman–Crippen LogP) is 4.55. The van der Waals surface area contributed by atoms with Crippen LogP contribution in [0, 0.1) is 3.57 Å². The molecule has 0 unspecified atom stereocenters. The monoisotopic (exact) mass is 432 g/mol. The van der Waals surface area contributed by atoms with Crippen molar-refractivity contribution in [1.82, 2.24) is 10.2 Å². The molecule has 1 saturated heterocycles. The fraction of sp³-hybridized carbons (Fsp3) is 0.429. The van der Waals surface area contributed by atoms with Gasteiger partial charge in [-0.15, -0.1) is 0 Å². The van der Waals surface area contributed by atoms with Crippen LogP contribution in [0.2, 0.25) is 0 Å². The van der Waals surface area contributed by atoms with Gasteiger partial charge < -0.3 is 5.32 Å². The molecule has 0 aromatic heterocycles. The summed E-state index contributed by atoms with van der Waals surface area (Å²) in [4.78, 5) is 2.70. The highest BCUT2D eigenvalue weighted by molar-refractivity contribution is 14.1. The van der Waals surface area contributed by atoms with E-state index in [1.165, 1.54) is 21.1 Å². The van der Waals surface area contributed by atoms with Crippen molar-refractivity contribution in [3.8, 4) is 0 Å². The first-order valence-electron chi connectivity index (χ1n) is 8.87. The molecular weight excluding hydrogens is 407 g/mol. The van der Waals surface area contributed by atoms with Crippen LogP contribution in [0.25, 0.3) is 0 Å². The largest absolute Gasteiger partial charge is 0.309 e. The summed E-state index contributed by atoms with van der Waals surface area (Å²) in [5.74, 6) is 0.529. The van der Waals surface area contributed by atoms with Crippen molar-refractivity contribution in [2.45, 2.75) is 37.8 Å². The molecule has 2 aliphatic rings. The van der Waals surface area contributed by atoms with Crippen LogP contribution in [0.5, 0.6) is 0 Å². The molecule has 2 aromatic carbocycles. The normalized spacial score (nSPS) is 26.3. The number of hydrogen-bond acceptors (Lipinski definition) is 2. The first-order chi connectivity index (χ1) is 11.5. The molecule has 4 rings (SSSR count). The highest BCUT2D eigenvalue weighted by Crippen LogP contribution is 2.47. The summed E-state index contributed by atoms with van der Waals surface area (Å²) in [5, 5.41) is 3.65. The van der Waals surface area contributed by atoms with Gasteiger partial charge in [-0.3, -0.25) is 4.90 Å². The number of benzene rings is 2. The lowest BCUT2D eigenvalue weighted by atomic mass is 9.93. The first-order valence-corrected chi connectivity index (χ1v) is 9.95. The maximum Gasteiger partial charge on any atom is 0.0361 e. The molecule has 0 amide bonds. The molecule has 1 aliphatic heterocycles. The number of nitrogens with zero attached hydrogens (tertiary/aromatic N) is 1. The van der Waals surface area contributed by atoms with Crippen LogP contribution < -0.4 is 5.32 Å². The molecule has 24 heavy (non-hydrogen) atoms. The molecule has 0 spiro atoms. The highest BCUT2D eigenvalue weighted by Gasteiger charge is 2.38. The molecular formula is C21H25IN2. The summed E-state index contributed by atoms with van der Waals surface area (Å²) in [7, 11) is 0. The van der Waals surface area contributed by atoms with Gasteiger partial charge in [0.05, 0.1) is 0 Å². The Morgan fingerprint density at radius 2 is 1.88 bits per heavy atom. The molecule has 3 heteroatoms. The Bertz CT molecular complexity index is 726. The lowest BCUT2D eigenvalue weighted by Crippen LogP contribution is -2.57. The van der Waals surface area contributed by atoms with Gasteiger partial charge in [-0.05, 0) is 71.7 Å². The number of halogens is 1. The number of rotatable bonds is 2. The van der Waals surface area contributed by atoms with Crippen LogP contribution >= 0.6 is 22.6 Å². The van der Waals surface area contributed by atoms with Crippen molar-refractivity contribution in [2.24, 2.45) is 0 Å². The first kappa shape index (κ1) is 16.6. The van der Waals surface area contributed by atoms with Gasteiger partial charge in [0.2, 0.25) is 0 Å². The van der Waals surface area contributed by atoms with Crippen LogP contribution in [0.15, 0.2) is 48.5 Å².